The molecule has 29 heavy (non-hydrogen) atoms. The van der Waals surface area contributed by atoms with Gasteiger partial charge in [-0.15, -0.1) is 0 Å². The molecule has 0 spiro atoms. The topological polar surface area (TPSA) is 125 Å². The van der Waals surface area contributed by atoms with Gasteiger partial charge in [-0.25, -0.2) is 8.42 Å². The van der Waals surface area contributed by atoms with E-state index >= 15 is 0 Å². The van der Waals surface area contributed by atoms with Gasteiger partial charge in [-0.2, -0.15) is 17.9 Å². The molecule has 0 unspecified atom stereocenters. The normalized spacial score (nSPS) is 12.8. The lowest BCUT2D eigenvalue weighted by molar-refractivity contribution is -0.139. The molecule has 0 aromatic heterocycles. The van der Waals surface area contributed by atoms with E-state index in [-0.39, 0.29) is 11.3 Å². The van der Waals surface area contributed by atoms with Crippen molar-refractivity contribution in [3.05, 3.63) is 59.7 Å². The summed E-state index contributed by atoms with van der Waals surface area (Å²) in [5, 5.41) is 9.57. The smallest absolute Gasteiger partial charge is 0.417 e. The number of amides is 2. The Hall–Kier alpha value is -3.12. The zero-order chi connectivity index (χ0) is 21.8. The van der Waals surface area contributed by atoms with Crippen molar-refractivity contribution in [1.29, 1.82) is 0 Å². The Morgan fingerprint density at radius 2 is 1.59 bits per heavy atom. The molecule has 0 saturated carbocycles. The van der Waals surface area contributed by atoms with E-state index in [1.807, 2.05) is 15.6 Å². The summed E-state index contributed by atoms with van der Waals surface area (Å²) in [6.45, 7) is 1.08. The zero-order valence-corrected chi connectivity index (χ0v) is 15.6. The van der Waals surface area contributed by atoms with Crippen LogP contribution in [0.25, 0.3) is 0 Å². The summed E-state index contributed by atoms with van der Waals surface area (Å²) in [6, 6.07) is 7.44. The van der Waals surface area contributed by atoms with Crippen molar-refractivity contribution in [2.75, 3.05) is 0 Å². The SMILES string of the molecule is C[C@H](NS(=O)(=O)c1ccccc1C(F)(F)F)C(=O)NNC(=O)c1ccccc1O. The fourth-order valence-corrected chi connectivity index (χ4v) is 3.67. The molecule has 2 amide bonds. The number of phenolic OH excluding ortho intramolecular Hbond substituents is 1. The molecule has 1 atom stereocenters. The minimum absolute atomic E-state index is 0.153. The molecule has 0 fully saturated rings. The third-order valence-electron chi connectivity index (χ3n) is 3.66. The number of carbonyl (C=O) groups excluding carboxylic acids is 2. The molecular weight excluding hydrogens is 415 g/mol. The van der Waals surface area contributed by atoms with E-state index in [0.717, 1.165) is 25.1 Å². The molecule has 0 saturated heterocycles. The summed E-state index contributed by atoms with van der Waals surface area (Å²) >= 11 is 0. The summed E-state index contributed by atoms with van der Waals surface area (Å²) in [4.78, 5) is 22.9. The lowest BCUT2D eigenvalue weighted by Crippen LogP contribution is -2.51. The van der Waals surface area contributed by atoms with Crippen LogP contribution in [-0.2, 0) is 21.0 Å². The Morgan fingerprint density at radius 3 is 2.21 bits per heavy atom. The molecule has 0 bridgehead atoms. The fourth-order valence-electron chi connectivity index (χ4n) is 2.24. The first-order valence-corrected chi connectivity index (χ1v) is 9.48. The third kappa shape index (κ3) is 5.45. The number of hydrogen-bond donors (Lipinski definition) is 4. The second-order valence-corrected chi connectivity index (χ2v) is 7.48. The number of halogens is 3. The molecule has 8 nitrogen and oxygen atoms in total. The van der Waals surface area contributed by atoms with E-state index in [0.29, 0.717) is 6.07 Å². The number of phenols is 1. The molecule has 0 aliphatic rings. The summed E-state index contributed by atoms with van der Waals surface area (Å²) < 4.78 is 65.5. The van der Waals surface area contributed by atoms with E-state index in [4.69, 9.17) is 0 Å². The van der Waals surface area contributed by atoms with Gasteiger partial charge in [-0.05, 0) is 31.2 Å². The number of aromatic hydroxyl groups is 1. The largest absolute Gasteiger partial charge is 0.507 e. The van der Waals surface area contributed by atoms with E-state index in [9.17, 15) is 36.3 Å². The van der Waals surface area contributed by atoms with Gasteiger partial charge in [-0.3, -0.25) is 20.4 Å². The van der Waals surface area contributed by atoms with Gasteiger partial charge >= 0.3 is 6.18 Å². The Bertz CT molecular complexity index is 1020. The highest BCUT2D eigenvalue weighted by Gasteiger charge is 2.37. The molecule has 2 rings (SSSR count). The number of sulfonamides is 1. The van der Waals surface area contributed by atoms with Crippen LogP contribution in [0.15, 0.2) is 53.4 Å². The predicted molar refractivity (Wildman–Crippen MR) is 94.9 cm³/mol. The van der Waals surface area contributed by atoms with Crippen molar-refractivity contribution < 1.29 is 36.3 Å². The monoisotopic (exact) mass is 431 g/mol. The van der Waals surface area contributed by atoms with Crippen LogP contribution >= 0.6 is 0 Å². The van der Waals surface area contributed by atoms with Crippen LogP contribution in [0.4, 0.5) is 13.2 Å². The maximum Gasteiger partial charge on any atom is 0.417 e. The highest BCUT2D eigenvalue weighted by molar-refractivity contribution is 7.89. The number of alkyl halides is 3. The van der Waals surface area contributed by atoms with Crippen LogP contribution in [0, 0.1) is 0 Å². The van der Waals surface area contributed by atoms with Gasteiger partial charge in [0.25, 0.3) is 11.8 Å². The number of nitrogens with one attached hydrogen (secondary N) is 3. The minimum Gasteiger partial charge on any atom is -0.507 e. The average molecular weight is 431 g/mol. The predicted octanol–water partition coefficient (Wildman–Crippen LogP) is 1.54. The van der Waals surface area contributed by atoms with Crippen LogP contribution in [0.5, 0.6) is 5.75 Å². The molecule has 2 aromatic carbocycles. The number of rotatable bonds is 5. The second kappa shape index (κ2) is 8.49. The maximum atomic E-state index is 13.0. The fraction of sp³-hybridized carbons (Fsp3) is 0.176. The van der Waals surface area contributed by atoms with Crippen molar-refractivity contribution in [1.82, 2.24) is 15.6 Å². The molecule has 2 aromatic rings. The molecular formula is C17H16F3N3O5S. The quantitative estimate of drug-likeness (QED) is 0.535. The van der Waals surface area contributed by atoms with Crippen molar-refractivity contribution in [2.45, 2.75) is 24.0 Å². The molecule has 156 valence electrons. The number of carbonyl (C=O) groups is 2. The molecule has 12 heteroatoms. The average Bonchev–Trinajstić information content (AvgIpc) is 2.65. The second-order valence-electron chi connectivity index (χ2n) is 5.80. The highest BCUT2D eigenvalue weighted by Crippen LogP contribution is 2.33. The van der Waals surface area contributed by atoms with Crippen molar-refractivity contribution >= 4 is 21.8 Å². The summed E-state index contributed by atoms with van der Waals surface area (Å²) in [5.41, 5.74) is 2.36. The van der Waals surface area contributed by atoms with Crippen molar-refractivity contribution in [3.8, 4) is 5.75 Å². The van der Waals surface area contributed by atoms with Crippen LogP contribution in [0.3, 0.4) is 0 Å². The van der Waals surface area contributed by atoms with Crippen molar-refractivity contribution in [2.24, 2.45) is 0 Å². The van der Waals surface area contributed by atoms with Crippen LogP contribution in [0.1, 0.15) is 22.8 Å². The number of benzene rings is 2. The Morgan fingerprint density at radius 1 is 1.00 bits per heavy atom. The molecule has 4 N–H and O–H groups in total. The highest BCUT2D eigenvalue weighted by atomic mass is 32.2. The van der Waals surface area contributed by atoms with Gasteiger partial charge in [0.1, 0.15) is 5.75 Å². The van der Waals surface area contributed by atoms with E-state index in [2.05, 4.69) is 0 Å². The molecule has 0 aliphatic heterocycles. The molecule has 0 heterocycles. The lowest BCUT2D eigenvalue weighted by atomic mass is 10.2. The summed E-state index contributed by atoms with van der Waals surface area (Å²) in [7, 11) is -4.70. The van der Waals surface area contributed by atoms with Gasteiger partial charge in [0.05, 0.1) is 22.1 Å². The van der Waals surface area contributed by atoms with E-state index in [1.165, 1.54) is 24.3 Å². The van der Waals surface area contributed by atoms with Gasteiger partial charge in [0.15, 0.2) is 0 Å². The van der Waals surface area contributed by atoms with E-state index in [1.54, 1.807) is 0 Å². The molecule has 0 radical (unpaired) electrons. The number of hydrazine groups is 1. The standard InChI is InChI=1S/C17H16F3N3O5S/c1-10(15(25)21-22-16(26)11-6-2-4-8-13(11)24)23-29(27,28)14-9-5-3-7-12(14)17(18,19)20/h2-10,23-24H,1H3,(H,21,25)(H,22,26)/t10-/m0/s1. The van der Waals surface area contributed by atoms with E-state index < -0.39 is 44.5 Å². The first-order chi connectivity index (χ1) is 13.4. The summed E-state index contributed by atoms with van der Waals surface area (Å²) in [5.74, 6) is -2.27. The third-order valence-corrected chi connectivity index (χ3v) is 5.25. The van der Waals surface area contributed by atoms with Crippen LogP contribution in [-0.4, -0.2) is 31.4 Å². The molecule has 0 aliphatic carbocycles. The Labute approximate surface area is 163 Å². The van der Waals surface area contributed by atoms with Gasteiger partial charge in [0, 0.05) is 0 Å². The Kier molecular flexibility index (Phi) is 6.49. The van der Waals surface area contributed by atoms with Gasteiger partial charge < -0.3 is 5.11 Å². The van der Waals surface area contributed by atoms with Gasteiger partial charge in [0.2, 0.25) is 10.0 Å². The van der Waals surface area contributed by atoms with Crippen molar-refractivity contribution in [3.63, 3.8) is 0 Å². The first kappa shape index (κ1) is 22.2. The van der Waals surface area contributed by atoms with Crippen LogP contribution in [0.2, 0.25) is 0 Å². The zero-order valence-electron chi connectivity index (χ0n) is 14.8. The van der Waals surface area contributed by atoms with Crippen LogP contribution < -0.4 is 15.6 Å². The number of para-hydroxylation sites is 1. The number of hydrogen-bond acceptors (Lipinski definition) is 5. The van der Waals surface area contributed by atoms with Gasteiger partial charge in [-0.1, -0.05) is 24.3 Å². The first-order valence-electron chi connectivity index (χ1n) is 8.00. The maximum absolute atomic E-state index is 13.0. The minimum atomic E-state index is -4.91. The summed E-state index contributed by atoms with van der Waals surface area (Å²) in [6.07, 6.45) is -4.91. The lowest BCUT2D eigenvalue weighted by Gasteiger charge is -2.17. The Balaban J connectivity index is 2.08.